The van der Waals surface area contributed by atoms with E-state index in [9.17, 15) is 4.79 Å². The Morgan fingerprint density at radius 3 is 2.86 bits per heavy atom. The molecule has 0 amide bonds. The van der Waals surface area contributed by atoms with Crippen molar-refractivity contribution in [3.05, 3.63) is 21.6 Å². The van der Waals surface area contributed by atoms with Crippen LogP contribution in [0.2, 0.25) is 5.02 Å². The lowest BCUT2D eigenvalue weighted by atomic mass is 9.90. The third-order valence-corrected chi connectivity index (χ3v) is 5.02. The highest BCUT2D eigenvalue weighted by Crippen LogP contribution is 2.32. The van der Waals surface area contributed by atoms with Crippen molar-refractivity contribution in [2.24, 2.45) is 17.6 Å². The highest BCUT2D eigenvalue weighted by atomic mass is 35.5. The third-order valence-electron chi connectivity index (χ3n) is 4.75. The summed E-state index contributed by atoms with van der Waals surface area (Å²) in [5.74, 6) is 1.08. The summed E-state index contributed by atoms with van der Waals surface area (Å²) in [5, 5.41) is 4.64. The van der Waals surface area contributed by atoms with Gasteiger partial charge in [0.1, 0.15) is 5.69 Å². The number of anilines is 1. The van der Waals surface area contributed by atoms with E-state index in [0.29, 0.717) is 35.6 Å². The molecule has 1 saturated heterocycles. The Morgan fingerprint density at radius 1 is 1.43 bits per heavy atom. The predicted molar refractivity (Wildman–Crippen MR) is 84.8 cm³/mol. The molecule has 3 rings (SSSR count). The molecule has 1 aromatic heterocycles. The van der Waals surface area contributed by atoms with Gasteiger partial charge in [0, 0.05) is 25.7 Å². The van der Waals surface area contributed by atoms with E-state index < -0.39 is 0 Å². The van der Waals surface area contributed by atoms with Crippen molar-refractivity contribution < 1.29 is 0 Å². The fraction of sp³-hybridized carbons (Fsp3) is 0.733. The molecule has 1 aliphatic heterocycles. The molecule has 5 nitrogen and oxygen atoms in total. The largest absolute Gasteiger partial charge is 0.361 e. The average Bonchev–Trinajstić information content (AvgIpc) is 3.26. The molecule has 2 aliphatic rings. The number of aromatic nitrogens is 2. The highest BCUT2D eigenvalue weighted by Gasteiger charge is 2.31. The van der Waals surface area contributed by atoms with Gasteiger partial charge in [-0.1, -0.05) is 18.5 Å². The fourth-order valence-corrected chi connectivity index (χ4v) is 3.51. The molecule has 2 atom stereocenters. The first-order valence-corrected chi connectivity index (χ1v) is 8.22. The molecule has 2 unspecified atom stereocenters. The van der Waals surface area contributed by atoms with E-state index in [0.717, 1.165) is 19.4 Å². The van der Waals surface area contributed by atoms with Gasteiger partial charge in [-0.2, -0.15) is 5.10 Å². The number of nitrogens with zero attached hydrogens (tertiary/aromatic N) is 3. The summed E-state index contributed by atoms with van der Waals surface area (Å²) < 4.78 is 1.58. The molecule has 21 heavy (non-hydrogen) atoms. The van der Waals surface area contributed by atoms with Gasteiger partial charge in [-0.15, -0.1) is 0 Å². The zero-order valence-corrected chi connectivity index (χ0v) is 13.2. The molecule has 2 heterocycles. The van der Waals surface area contributed by atoms with Crippen LogP contribution in [0.15, 0.2) is 11.0 Å². The first-order chi connectivity index (χ1) is 10.1. The Hall–Kier alpha value is -1.07. The third kappa shape index (κ3) is 2.94. The maximum absolute atomic E-state index is 12.8. The molecule has 0 bridgehead atoms. The molecule has 0 aromatic carbocycles. The lowest BCUT2D eigenvalue weighted by Gasteiger charge is -2.40. The van der Waals surface area contributed by atoms with Gasteiger partial charge in [-0.25, -0.2) is 4.68 Å². The number of rotatable bonds is 4. The monoisotopic (exact) mass is 310 g/mol. The molecular formula is C15H23ClN4O. The van der Waals surface area contributed by atoms with Gasteiger partial charge in [0.2, 0.25) is 0 Å². The Balaban J connectivity index is 1.97. The lowest BCUT2D eigenvalue weighted by molar-refractivity contribution is 0.348. The first kappa shape index (κ1) is 14.9. The zero-order chi connectivity index (χ0) is 15.0. The summed E-state index contributed by atoms with van der Waals surface area (Å²) in [4.78, 5) is 14.9. The second-order valence-electron chi connectivity index (χ2n) is 6.39. The quantitative estimate of drug-likeness (QED) is 0.922. The van der Waals surface area contributed by atoms with Crippen LogP contribution in [0.1, 0.15) is 32.6 Å². The minimum Gasteiger partial charge on any atom is -0.361 e. The van der Waals surface area contributed by atoms with Gasteiger partial charge >= 0.3 is 0 Å². The number of halogens is 1. The van der Waals surface area contributed by atoms with Crippen LogP contribution in [-0.4, -0.2) is 28.9 Å². The first-order valence-electron chi connectivity index (χ1n) is 7.84. The molecule has 1 aromatic rings. The second kappa shape index (κ2) is 5.97. The maximum atomic E-state index is 12.8. The van der Waals surface area contributed by atoms with E-state index in [-0.39, 0.29) is 11.6 Å². The Morgan fingerprint density at radius 2 is 2.19 bits per heavy atom. The fourth-order valence-electron chi connectivity index (χ4n) is 3.28. The van der Waals surface area contributed by atoms with Crippen molar-refractivity contribution in [1.82, 2.24) is 9.78 Å². The summed E-state index contributed by atoms with van der Waals surface area (Å²) in [6.07, 6.45) is 6.21. The SMILES string of the molecule is CC1CCCN(c2c(Cl)cnn(CC3CC3)c2=O)C1CN. The van der Waals surface area contributed by atoms with Crippen LogP contribution in [0.25, 0.3) is 0 Å². The molecule has 1 saturated carbocycles. The van der Waals surface area contributed by atoms with Gasteiger partial charge < -0.3 is 10.6 Å². The lowest BCUT2D eigenvalue weighted by Crippen LogP contribution is -2.51. The van der Waals surface area contributed by atoms with E-state index >= 15 is 0 Å². The number of hydrogen-bond acceptors (Lipinski definition) is 4. The molecule has 116 valence electrons. The summed E-state index contributed by atoms with van der Waals surface area (Å²) >= 11 is 6.30. The molecular weight excluding hydrogens is 288 g/mol. The van der Waals surface area contributed by atoms with Gasteiger partial charge in [0.15, 0.2) is 0 Å². The van der Waals surface area contributed by atoms with Crippen LogP contribution in [0.5, 0.6) is 0 Å². The summed E-state index contributed by atoms with van der Waals surface area (Å²) in [6, 6.07) is 0.181. The number of hydrogen-bond donors (Lipinski definition) is 1. The molecule has 2 fully saturated rings. The van der Waals surface area contributed by atoms with Crippen molar-refractivity contribution in [1.29, 1.82) is 0 Å². The van der Waals surface area contributed by atoms with Gasteiger partial charge in [0.25, 0.3) is 5.56 Å². The minimum atomic E-state index is -0.0676. The molecule has 1 aliphatic carbocycles. The van der Waals surface area contributed by atoms with Crippen molar-refractivity contribution in [2.75, 3.05) is 18.0 Å². The van der Waals surface area contributed by atoms with Crippen molar-refractivity contribution >= 4 is 17.3 Å². The van der Waals surface area contributed by atoms with Crippen LogP contribution in [-0.2, 0) is 6.54 Å². The Kier molecular flexibility index (Phi) is 4.22. The molecule has 2 N–H and O–H groups in total. The van der Waals surface area contributed by atoms with E-state index in [1.807, 2.05) is 0 Å². The van der Waals surface area contributed by atoms with Gasteiger partial charge in [0.05, 0.1) is 11.2 Å². The summed E-state index contributed by atoms with van der Waals surface area (Å²) in [5.41, 5.74) is 6.47. The second-order valence-corrected chi connectivity index (χ2v) is 6.79. The zero-order valence-electron chi connectivity index (χ0n) is 12.5. The molecule has 0 radical (unpaired) electrons. The van der Waals surface area contributed by atoms with Crippen LogP contribution in [0, 0.1) is 11.8 Å². The normalized spacial score (nSPS) is 26.1. The van der Waals surface area contributed by atoms with Gasteiger partial charge in [-0.05, 0) is 37.5 Å². The number of nitrogens with two attached hydrogens (primary N) is 1. The van der Waals surface area contributed by atoms with Crippen molar-refractivity contribution in [2.45, 2.75) is 45.2 Å². The Labute approximate surface area is 130 Å². The smallest absolute Gasteiger partial charge is 0.291 e. The van der Waals surface area contributed by atoms with Crippen molar-refractivity contribution in [3.8, 4) is 0 Å². The number of piperidine rings is 1. The standard InChI is InChI=1S/C15H23ClN4O/c1-10-3-2-6-19(13(10)7-17)14-12(16)8-18-20(15(14)21)9-11-4-5-11/h8,10-11,13H,2-7,9,17H2,1H3. The minimum absolute atomic E-state index is 0.0676. The average molecular weight is 311 g/mol. The summed E-state index contributed by atoms with van der Waals surface area (Å²) in [6.45, 7) is 4.29. The predicted octanol–water partition coefficient (Wildman–Crippen LogP) is 1.87. The van der Waals surface area contributed by atoms with Crippen LogP contribution >= 0.6 is 11.6 Å². The summed E-state index contributed by atoms with van der Waals surface area (Å²) in [7, 11) is 0. The van der Waals surface area contributed by atoms with Crippen LogP contribution in [0.3, 0.4) is 0 Å². The Bertz CT molecular complexity index is 569. The maximum Gasteiger partial charge on any atom is 0.291 e. The van der Waals surface area contributed by atoms with E-state index in [4.69, 9.17) is 17.3 Å². The molecule has 0 spiro atoms. The van der Waals surface area contributed by atoms with E-state index in [2.05, 4.69) is 16.9 Å². The topological polar surface area (TPSA) is 64.2 Å². The van der Waals surface area contributed by atoms with E-state index in [1.54, 1.807) is 10.9 Å². The van der Waals surface area contributed by atoms with Crippen molar-refractivity contribution in [3.63, 3.8) is 0 Å². The van der Waals surface area contributed by atoms with E-state index in [1.165, 1.54) is 12.8 Å². The van der Waals surface area contributed by atoms with Crippen LogP contribution in [0.4, 0.5) is 5.69 Å². The molecule has 6 heteroatoms. The van der Waals surface area contributed by atoms with Gasteiger partial charge in [-0.3, -0.25) is 4.79 Å². The highest BCUT2D eigenvalue weighted by molar-refractivity contribution is 6.33. The van der Waals surface area contributed by atoms with Crippen LogP contribution < -0.4 is 16.2 Å².